The lowest BCUT2D eigenvalue weighted by atomic mass is 10.1. The van der Waals surface area contributed by atoms with Crippen LogP contribution in [-0.2, 0) is 14.8 Å². The largest absolute Gasteiger partial charge is 0.398 e. The monoisotopic (exact) mass is 272 g/mol. The van der Waals surface area contributed by atoms with Gasteiger partial charge in [-0.3, -0.25) is 0 Å². The average Bonchev–Trinajstić information content (AvgIpc) is 2.32. The van der Waals surface area contributed by atoms with Gasteiger partial charge < -0.3 is 10.5 Å². The van der Waals surface area contributed by atoms with E-state index in [1.165, 1.54) is 13.2 Å². The molecular weight excluding hydrogens is 252 g/mol. The normalized spacial score (nSPS) is 13.6. The van der Waals surface area contributed by atoms with Gasteiger partial charge >= 0.3 is 0 Å². The van der Waals surface area contributed by atoms with Crippen molar-refractivity contribution in [1.82, 2.24) is 4.72 Å². The maximum absolute atomic E-state index is 12.0. The molecule has 102 valence electrons. The van der Waals surface area contributed by atoms with Crippen molar-refractivity contribution in [2.45, 2.75) is 31.8 Å². The summed E-state index contributed by atoms with van der Waals surface area (Å²) in [7, 11) is -2.00. The van der Waals surface area contributed by atoms with Gasteiger partial charge in [-0.15, -0.1) is 0 Å². The van der Waals surface area contributed by atoms with Crippen LogP contribution in [0.5, 0.6) is 0 Å². The Labute approximate surface area is 108 Å². The molecule has 5 nitrogen and oxygen atoms in total. The van der Waals surface area contributed by atoms with E-state index >= 15 is 0 Å². The van der Waals surface area contributed by atoms with Crippen LogP contribution in [0, 0.1) is 13.8 Å². The molecule has 0 heterocycles. The first-order valence-corrected chi connectivity index (χ1v) is 7.15. The third-order valence-electron chi connectivity index (χ3n) is 2.95. The van der Waals surface area contributed by atoms with Crippen molar-refractivity contribution in [3.8, 4) is 0 Å². The Kier molecular flexibility index (Phi) is 4.72. The van der Waals surface area contributed by atoms with Crippen molar-refractivity contribution in [3.05, 3.63) is 23.3 Å². The summed E-state index contributed by atoms with van der Waals surface area (Å²) in [4.78, 5) is 0.186. The topological polar surface area (TPSA) is 81.4 Å². The quantitative estimate of drug-likeness (QED) is 0.789. The number of sulfonamides is 1. The molecular formula is C12H20N2O3S. The predicted molar refractivity (Wildman–Crippen MR) is 72.0 cm³/mol. The fourth-order valence-electron chi connectivity index (χ4n) is 1.40. The van der Waals surface area contributed by atoms with Crippen LogP contribution < -0.4 is 10.5 Å². The van der Waals surface area contributed by atoms with E-state index in [1.807, 2.05) is 13.8 Å². The van der Waals surface area contributed by atoms with E-state index in [4.69, 9.17) is 10.5 Å². The number of nitrogens with two attached hydrogens (primary N) is 1. The van der Waals surface area contributed by atoms with Gasteiger partial charge in [-0.2, -0.15) is 0 Å². The SMILES string of the molecule is COC(C)CNS(=O)(=O)c1cc(C)c(C)c(N)c1. The summed E-state index contributed by atoms with van der Waals surface area (Å²) in [5.74, 6) is 0. The van der Waals surface area contributed by atoms with Gasteiger partial charge in [0, 0.05) is 19.3 Å². The lowest BCUT2D eigenvalue weighted by Crippen LogP contribution is -2.31. The highest BCUT2D eigenvalue weighted by atomic mass is 32.2. The molecule has 18 heavy (non-hydrogen) atoms. The van der Waals surface area contributed by atoms with Crippen molar-refractivity contribution in [2.75, 3.05) is 19.4 Å². The van der Waals surface area contributed by atoms with E-state index in [0.29, 0.717) is 5.69 Å². The summed E-state index contributed by atoms with van der Waals surface area (Å²) < 4.78 is 31.6. The van der Waals surface area contributed by atoms with Crippen molar-refractivity contribution in [3.63, 3.8) is 0 Å². The first-order valence-electron chi connectivity index (χ1n) is 5.67. The first kappa shape index (κ1) is 14.9. The molecule has 0 spiro atoms. The number of nitrogen functional groups attached to an aromatic ring is 1. The molecule has 1 aromatic rings. The Morgan fingerprint density at radius 2 is 2.00 bits per heavy atom. The lowest BCUT2D eigenvalue weighted by molar-refractivity contribution is 0.122. The summed E-state index contributed by atoms with van der Waals surface area (Å²) in [6.07, 6.45) is -0.177. The maximum Gasteiger partial charge on any atom is 0.240 e. The van der Waals surface area contributed by atoms with Crippen LogP contribution in [0.15, 0.2) is 17.0 Å². The number of rotatable bonds is 5. The molecule has 3 N–H and O–H groups in total. The third kappa shape index (κ3) is 3.44. The number of aryl methyl sites for hydroxylation is 1. The van der Waals surface area contributed by atoms with Gasteiger partial charge in [0.2, 0.25) is 10.0 Å². The van der Waals surface area contributed by atoms with Crippen LogP contribution in [0.25, 0.3) is 0 Å². The molecule has 0 saturated carbocycles. The highest BCUT2D eigenvalue weighted by Gasteiger charge is 2.16. The molecule has 0 radical (unpaired) electrons. The van der Waals surface area contributed by atoms with Crippen LogP contribution in [0.4, 0.5) is 5.69 Å². The minimum absolute atomic E-state index is 0.177. The average molecular weight is 272 g/mol. The zero-order valence-electron chi connectivity index (χ0n) is 11.1. The van der Waals surface area contributed by atoms with Gasteiger partial charge in [0.05, 0.1) is 11.0 Å². The van der Waals surface area contributed by atoms with Gasteiger partial charge in [0.15, 0.2) is 0 Å². The fraction of sp³-hybridized carbons (Fsp3) is 0.500. The molecule has 0 amide bonds. The Balaban J connectivity index is 2.99. The molecule has 6 heteroatoms. The minimum Gasteiger partial charge on any atom is -0.398 e. The molecule has 0 fully saturated rings. The molecule has 0 saturated heterocycles. The smallest absolute Gasteiger partial charge is 0.240 e. The standard InChI is InChI=1S/C12H20N2O3S/c1-8-5-11(6-12(13)10(8)3)18(15,16)14-7-9(2)17-4/h5-6,9,14H,7,13H2,1-4H3. The Morgan fingerprint density at radius 1 is 1.39 bits per heavy atom. The molecule has 1 aromatic carbocycles. The van der Waals surface area contributed by atoms with E-state index < -0.39 is 10.0 Å². The highest BCUT2D eigenvalue weighted by molar-refractivity contribution is 7.89. The van der Waals surface area contributed by atoms with Crippen molar-refractivity contribution in [1.29, 1.82) is 0 Å². The van der Waals surface area contributed by atoms with Gasteiger partial charge in [-0.1, -0.05) is 0 Å². The second kappa shape index (κ2) is 5.69. The number of hydrogen-bond acceptors (Lipinski definition) is 4. The summed E-state index contributed by atoms with van der Waals surface area (Å²) in [5, 5.41) is 0. The number of benzene rings is 1. The summed E-state index contributed by atoms with van der Waals surface area (Å²) >= 11 is 0. The highest BCUT2D eigenvalue weighted by Crippen LogP contribution is 2.21. The summed E-state index contributed by atoms with van der Waals surface area (Å²) in [6, 6.07) is 3.09. The number of hydrogen-bond donors (Lipinski definition) is 2. The number of anilines is 1. The third-order valence-corrected chi connectivity index (χ3v) is 4.36. The van der Waals surface area contributed by atoms with E-state index in [0.717, 1.165) is 11.1 Å². The number of methoxy groups -OCH3 is 1. The Hall–Kier alpha value is -1.11. The van der Waals surface area contributed by atoms with Gasteiger partial charge in [-0.05, 0) is 44.0 Å². The lowest BCUT2D eigenvalue weighted by Gasteiger charge is -2.13. The molecule has 1 unspecified atom stereocenters. The molecule has 0 aromatic heterocycles. The van der Waals surface area contributed by atoms with E-state index in [9.17, 15) is 8.42 Å². The van der Waals surface area contributed by atoms with Crippen LogP contribution in [0.2, 0.25) is 0 Å². The predicted octanol–water partition coefficient (Wildman–Crippen LogP) is 1.20. The van der Waals surface area contributed by atoms with Gasteiger partial charge in [-0.25, -0.2) is 13.1 Å². The Morgan fingerprint density at radius 3 is 2.50 bits per heavy atom. The number of ether oxygens (including phenoxy) is 1. The van der Waals surface area contributed by atoms with Crippen LogP contribution in [-0.4, -0.2) is 28.2 Å². The molecule has 1 atom stereocenters. The van der Waals surface area contributed by atoms with Gasteiger partial charge in [0.1, 0.15) is 0 Å². The van der Waals surface area contributed by atoms with Crippen molar-refractivity contribution in [2.24, 2.45) is 0 Å². The van der Waals surface area contributed by atoms with Crippen LogP contribution >= 0.6 is 0 Å². The molecule has 0 aliphatic carbocycles. The second-order valence-electron chi connectivity index (χ2n) is 4.35. The Bertz CT molecular complexity index is 503. The first-order chi connectivity index (χ1) is 8.27. The van der Waals surface area contributed by atoms with Crippen LogP contribution in [0.3, 0.4) is 0 Å². The molecule has 0 aliphatic heterocycles. The zero-order valence-corrected chi connectivity index (χ0v) is 12.0. The van der Waals surface area contributed by atoms with E-state index in [-0.39, 0.29) is 17.5 Å². The summed E-state index contributed by atoms with van der Waals surface area (Å²) in [6.45, 7) is 5.72. The molecule has 1 rings (SSSR count). The van der Waals surface area contributed by atoms with Crippen molar-refractivity contribution < 1.29 is 13.2 Å². The molecule has 0 aliphatic rings. The molecule has 0 bridgehead atoms. The van der Waals surface area contributed by atoms with E-state index in [2.05, 4.69) is 4.72 Å². The zero-order chi connectivity index (χ0) is 13.9. The van der Waals surface area contributed by atoms with Crippen LogP contribution in [0.1, 0.15) is 18.1 Å². The fourth-order valence-corrected chi connectivity index (χ4v) is 2.64. The maximum atomic E-state index is 12.0. The summed E-state index contributed by atoms with van der Waals surface area (Å²) in [5.41, 5.74) is 8.02. The van der Waals surface area contributed by atoms with Gasteiger partial charge in [0.25, 0.3) is 0 Å². The number of nitrogens with one attached hydrogen (secondary N) is 1. The van der Waals surface area contributed by atoms with Crippen molar-refractivity contribution >= 4 is 15.7 Å². The minimum atomic E-state index is -3.54. The second-order valence-corrected chi connectivity index (χ2v) is 6.12. The van der Waals surface area contributed by atoms with E-state index in [1.54, 1.807) is 13.0 Å².